The van der Waals surface area contributed by atoms with Crippen LogP contribution in [0.2, 0.25) is 0 Å². The number of aliphatic hydroxyl groups excluding tert-OH is 5. The number of aliphatic hydroxyl groups is 5. The molecule has 0 bridgehead atoms. The molecule has 2 radical (unpaired) electrons. The molecule has 4 atom stereocenters. The number of rotatable bonds is 16. The molecule has 0 aliphatic carbocycles. The van der Waals surface area contributed by atoms with Crippen molar-refractivity contribution in [2.24, 2.45) is 0 Å². The molecule has 34 heavy (non-hydrogen) atoms. The van der Waals surface area contributed by atoms with Crippen molar-refractivity contribution >= 4 is 89.3 Å². The molecule has 0 unspecified atom stereocenters. The Morgan fingerprint density at radius 1 is 0.647 bits per heavy atom. The fourth-order valence-corrected chi connectivity index (χ4v) is 2.09. The summed E-state index contributed by atoms with van der Waals surface area (Å²) in [5.74, 6) is -4.91. The zero-order valence-corrected chi connectivity index (χ0v) is 22.8. The van der Waals surface area contributed by atoms with Crippen LogP contribution in [0.15, 0.2) is 0 Å². The maximum atomic E-state index is 10.6. The first-order valence-corrected chi connectivity index (χ1v) is 8.85. The maximum absolute atomic E-state index is 10.6. The molecular formula is C16H28N2Na2O14. The summed E-state index contributed by atoms with van der Waals surface area (Å²) >= 11 is 0. The summed E-state index contributed by atoms with van der Waals surface area (Å²) in [6, 6.07) is 0. The van der Waals surface area contributed by atoms with Crippen LogP contribution in [0.5, 0.6) is 0 Å². The van der Waals surface area contributed by atoms with E-state index in [-0.39, 0.29) is 78.5 Å². The van der Waals surface area contributed by atoms with E-state index < -0.39 is 81.1 Å². The third-order valence-electron chi connectivity index (χ3n) is 3.59. The molecule has 0 aliphatic heterocycles. The van der Waals surface area contributed by atoms with E-state index in [2.05, 4.69) is 0 Å². The topological polar surface area (TPSA) is 274 Å². The number of aldehydes is 1. The third-order valence-corrected chi connectivity index (χ3v) is 3.59. The van der Waals surface area contributed by atoms with E-state index in [0.29, 0.717) is 0 Å². The summed E-state index contributed by atoms with van der Waals surface area (Å²) in [5.41, 5.74) is 0. The Balaban J connectivity index is -0.000000279. The third kappa shape index (κ3) is 21.8. The van der Waals surface area contributed by atoms with E-state index in [0.717, 1.165) is 9.80 Å². The molecule has 188 valence electrons. The monoisotopic (exact) mass is 518 g/mol. The van der Waals surface area contributed by atoms with E-state index in [4.69, 9.17) is 46.0 Å². The Labute approximate surface area is 238 Å². The van der Waals surface area contributed by atoms with Crippen molar-refractivity contribution in [3.63, 3.8) is 0 Å². The van der Waals surface area contributed by atoms with E-state index in [1.54, 1.807) is 0 Å². The first-order chi connectivity index (χ1) is 14.7. The number of nitrogens with zero attached hydrogens (tertiary/aromatic N) is 2. The van der Waals surface area contributed by atoms with Crippen molar-refractivity contribution < 1.29 is 69.9 Å². The van der Waals surface area contributed by atoms with Gasteiger partial charge in [-0.25, -0.2) is 0 Å². The van der Waals surface area contributed by atoms with E-state index >= 15 is 0 Å². The fourth-order valence-electron chi connectivity index (χ4n) is 2.09. The van der Waals surface area contributed by atoms with Crippen LogP contribution in [-0.2, 0) is 24.0 Å². The van der Waals surface area contributed by atoms with Gasteiger partial charge in [-0.05, 0) is 0 Å². The number of aliphatic carboxylic acids is 4. The van der Waals surface area contributed by atoms with E-state index in [9.17, 15) is 24.0 Å². The standard InChI is InChI=1S/C10H16N2O8.C6H12O6.2Na/c13-7(14)3-11(4-8(15)16)1-2-12(5-9(17)18)6-10(19)20;7-1-3(9)5(11)6(12)4(10)2-8;;/h1-6H2,(H,13,14)(H,15,16)(H,17,18)(H,19,20);1,3-6,8-12H,2H2;;/t;3-,4+,5+,6+;;/m.0../s1. The van der Waals surface area contributed by atoms with Gasteiger partial charge in [-0.2, -0.15) is 0 Å². The minimum Gasteiger partial charge on any atom is -0.480 e. The molecule has 0 amide bonds. The molecule has 0 saturated carbocycles. The minimum atomic E-state index is -1.79. The van der Waals surface area contributed by atoms with Crippen LogP contribution in [0.4, 0.5) is 0 Å². The van der Waals surface area contributed by atoms with Crippen LogP contribution in [0.1, 0.15) is 0 Å². The summed E-state index contributed by atoms with van der Waals surface area (Å²) < 4.78 is 0. The molecule has 9 N–H and O–H groups in total. The second-order valence-corrected chi connectivity index (χ2v) is 6.35. The Hall–Kier alpha value is -0.730. The summed E-state index contributed by atoms with van der Waals surface area (Å²) in [5, 5.41) is 78.0. The molecule has 0 aromatic rings. The Morgan fingerprint density at radius 3 is 1.15 bits per heavy atom. The van der Waals surface area contributed by atoms with Crippen LogP contribution in [0, 0.1) is 0 Å². The van der Waals surface area contributed by atoms with Crippen molar-refractivity contribution in [2.45, 2.75) is 24.4 Å². The van der Waals surface area contributed by atoms with Crippen molar-refractivity contribution in [2.75, 3.05) is 45.9 Å². The van der Waals surface area contributed by atoms with Gasteiger partial charge in [0.1, 0.15) is 24.4 Å². The van der Waals surface area contributed by atoms with Crippen LogP contribution in [0.3, 0.4) is 0 Å². The molecule has 16 nitrogen and oxygen atoms in total. The largest absolute Gasteiger partial charge is 0.480 e. The first kappa shape index (κ1) is 40.4. The van der Waals surface area contributed by atoms with Crippen LogP contribution in [-0.4, -0.2) is 215 Å². The van der Waals surface area contributed by atoms with E-state index in [1.165, 1.54) is 0 Å². The first-order valence-electron chi connectivity index (χ1n) is 8.85. The van der Waals surface area contributed by atoms with Crippen molar-refractivity contribution in [3.8, 4) is 0 Å². The van der Waals surface area contributed by atoms with Crippen LogP contribution >= 0.6 is 0 Å². The SMILES string of the molecule is O=C(O)CN(CCN(CC(=O)O)CC(=O)O)CC(=O)O.O=C[C@H](O)[C@@H](O)[C@H](O)[C@H](O)CO.[Na].[Na]. The molecule has 0 spiro atoms. The van der Waals surface area contributed by atoms with Gasteiger partial charge in [-0.15, -0.1) is 0 Å². The molecule has 0 aliphatic rings. The quantitative estimate of drug-likeness (QED) is 0.0679. The molecule has 0 aromatic heterocycles. The van der Waals surface area contributed by atoms with Gasteiger partial charge in [0, 0.05) is 72.2 Å². The fraction of sp³-hybridized carbons (Fsp3) is 0.688. The number of hydrogen-bond acceptors (Lipinski definition) is 12. The molecule has 0 fully saturated rings. The number of carbonyl (C=O) groups excluding carboxylic acids is 1. The summed E-state index contributed by atoms with van der Waals surface area (Å²) in [6.45, 7) is -3.01. The Morgan fingerprint density at radius 2 is 0.941 bits per heavy atom. The van der Waals surface area contributed by atoms with Crippen molar-refractivity contribution in [1.29, 1.82) is 0 Å². The minimum absolute atomic E-state index is 0. The molecule has 0 heterocycles. The predicted molar refractivity (Wildman–Crippen MR) is 112 cm³/mol. The average Bonchev–Trinajstić information content (AvgIpc) is 2.68. The average molecular weight is 518 g/mol. The molecule has 0 aromatic carbocycles. The van der Waals surface area contributed by atoms with Gasteiger partial charge >= 0.3 is 23.9 Å². The van der Waals surface area contributed by atoms with Gasteiger partial charge in [-0.1, -0.05) is 0 Å². The predicted octanol–water partition coefficient (Wildman–Crippen LogP) is -6.21. The van der Waals surface area contributed by atoms with Gasteiger partial charge in [0.2, 0.25) is 0 Å². The Kier molecular flexibility index (Phi) is 27.0. The molecule has 0 rings (SSSR count). The van der Waals surface area contributed by atoms with Crippen molar-refractivity contribution in [1.82, 2.24) is 9.80 Å². The molecule has 18 heteroatoms. The number of carboxylic acids is 4. The normalized spacial score (nSPS) is 13.7. The smallest absolute Gasteiger partial charge is 0.317 e. The van der Waals surface area contributed by atoms with Crippen LogP contribution < -0.4 is 0 Å². The van der Waals surface area contributed by atoms with Gasteiger partial charge in [0.25, 0.3) is 0 Å². The van der Waals surface area contributed by atoms with Gasteiger partial charge in [0.15, 0.2) is 6.29 Å². The maximum Gasteiger partial charge on any atom is 0.317 e. The molecular weight excluding hydrogens is 490 g/mol. The number of carboxylic acid groups (broad SMARTS) is 4. The van der Waals surface area contributed by atoms with Gasteiger partial charge < -0.3 is 50.8 Å². The summed E-state index contributed by atoms with van der Waals surface area (Å²) in [4.78, 5) is 54.3. The zero-order chi connectivity index (χ0) is 25.4. The van der Waals surface area contributed by atoms with Gasteiger partial charge in [-0.3, -0.25) is 29.0 Å². The number of carbonyl (C=O) groups is 5. The summed E-state index contributed by atoms with van der Waals surface area (Å²) in [6.07, 6.45) is -6.84. The summed E-state index contributed by atoms with van der Waals surface area (Å²) in [7, 11) is 0. The van der Waals surface area contributed by atoms with Crippen LogP contribution in [0.25, 0.3) is 0 Å². The zero-order valence-electron chi connectivity index (χ0n) is 18.8. The number of hydrogen-bond donors (Lipinski definition) is 9. The second-order valence-electron chi connectivity index (χ2n) is 6.35. The Bertz CT molecular complexity index is 559. The molecule has 0 saturated heterocycles. The van der Waals surface area contributed by atoms with Crippen molar-refractivity contribution in [3.05, 3.63) is 0 Å². The second kappa shape index (κ2) is 22.7. The van der Waals surface area contributed by atoms with Gasteiger partial charge in [0.05, 0.1) is 32.8 Å². The van der Waals surface area contributed by atoms with E-state index in [1.807, 2.05) is 0 Å².